The number of carbonyl (C=O) groups is 2. The first-order chi connectivity index (χ1) is 15.4. The normalized spacial score (nSPS) is 24.5. The molecule has 0 spiro atoms. The zero-order valence-corrected chi connectivity index (χ0v) is 19.3. The summed E-state index contributed by atoms with van der Waals surface area (Å²) in [6, 6.07) is 4.98. The second-order valence-corrected chi connectivity index (χ2v) is 11.4. The summed E-state index contributed by atoms with van der Waals surface area (Å²) in [4.78, 5) is 30.1. The Hall–Kier alpha value is -2.13. The van der Waals surface area contributed by atoms with Crippen molar-refractivity contribution in [3.05, 3.63) is 18.2 Å². The summed E-state index contributed by atoms with van der Waals surface area (Å²) >= 11 is 0. The number of nitrogens with zero attached hydrogens (tertiary/aromatic N) is 3. The van der Waals surface area contributed by atoms with Gasteiger partial charge < -0.3 is 10.2 Å². The highest BCUT2D eigenvalue weighted by Gasteiger charge is 2.41. The quantitative estimate of drug-likeness (QED) is 0.728. The number of piperidine rings is 1. The van der Waals surface area contributed by atoms with Gasteiger partial charge in [-0.3, -0.25) is 14.5 Å². The molecule has 9 heteroatoms. The molecule has 0 aromatic heterocycles. The standard InChI is InChI=1S/C23H32N4O4S/c28-22(24-17-7-1-2-8-17)16-27-21-15-18(32(30,31)25-12-5-6-13-25)10-11-19(21)26-14-4-3-9-20(26)23(27)29/h10-11,15,17,20H,1-9,12-14,16H2,(H,24,28)/t20-/m0/s1. The number of hydrogen-bond acceptors (Lipinski definition) is 5. The molecule has 5 rings (SSSR count). The highest BCUT2D eigenvalue weighted by Crippen LogP contribution is 2.41. The van der Waals surface area contributed by atoms with Crippen molar-refractivity contribution in [2.24, 2.45) is 0 Å². The molecule has 1 aromatic carbocycles. The minimum atomic E-state index is -3.61. The predicted octanol–water partition coefficient (Wildman–Crippen LogP) is 2.24. The number of amides is 2. The average Bonchev–Trinajstić information content (AvgIpc) is 3.51. The number of benzene rings is 1. The highest BCUT2D eigenvalue weighted by atomic mass is 32.2. The zero-order valence-electron chi connectivity index (χ0n) is 18.5. The van der Waals surface area contributed by atoms with Gasteiger partial charge in [0.25, 0.3) is 0 Å². The summed E-state index contributed by atoms with van der Waals surface area (Å²) in [5.41, 5.74) is 1.39. The minimum Gasteiger partial charge on any atom is -0.358 e. The Morgan fingerprint density at radius 1 is 0.938 bits per heavy atom. The molecule has 3 aliphatic heterocycles. The number of carbonyl (C=O) groups excluding carboxylic acids is 2. The molecule has 1 saturated carbocycles. The number of hydrogen-bond donors (Lipinski definition) is 1. The molecule has 1 aromatic rings. The lowest BCUT2D eigenvalue weighted by atomic mass is 9.96. The van der Waals surface area contributed by atoms with E-state index in [-0.39, 0.29) is 35.3 Å². The monoisotopic (exact) mass is 460 g/mol. The lowest BCUT2D eigenvalue weighted by molar-refractivity contribution is -0.125. The van der Waals surface area contributed by atoms with Gasteiger partial charge in [0.2, 0.25) is 21.8 Å². The number of anilines is 2. The molecular weight excluding hydrogens is 428 g/mol. The Balaban J connectivity index is 1.48. The summed E-state index contributed by atoms with van der Waals surface area (Å²) in [6.07, 6.45) is 8.65. The summed E-state index contributed by atoms with van der Waals surface area (Å²) in [6.45, 7) is 1.75. The Kier molecular flexibility index (Phi) is 5.88. The van der Waals surface area contributed by atoms with Crippen LogP contribution in [0.15, 0.2) is 23.1 Å². The molecule has 2 amide bonds. The number of nitrogens with one attached hydrogen (secondary N) is 1. The summed E-state index contributed by atoms with van der Waals surface area (Å²) < 4.78 is 27.9. The first-order valence-corrected chi connectivity index (χ1v) is 13.4. The van der Waals surface area contributed by atoms with Gasteiger partial charge in [0.1, 0.15) is 12.6 Å². The van der Waals surface area contributed by atoms with Gasteiger partial charge in [0, 0.05) is 25.7 Å². The van der Waals surface area contributed by atoms with Gasteiger partial charge in [-0.15, -0.1) is 0 Å². The van der Waals surface area contributed by atoms with Crippen molar-refractivity contribution in [1.82, 2.24) is 9.62 Å². The van der Waals surface area contributed by atoms with Gasteiger partial charge in [-0.1, -0.05) is 12.8 Å². The first kappa shape index (κ1) is 21.7. The van der Waals surface area contributed by atoms with Crippen molar-refractivity contribution in [2.45, 2.75) is 74.8 Å². The van der Waals surface area contributed by atoms with Crippen LogP contribution >= 0.6 is 0 Å². The van der Waals surface area contributed by atoms with Crippen LogP contribution in [0.4, 0.5) is 11.4 Å². The van der Waals surface area contributed by atoms with E-state index in [1.54, 1.807) is 12.1 Å². The molecule has 0 bridgehead atoms. The number of rotatable bonds is 5. The third-order valence-corrected chi connectivity index (χ3v) is 9.22. The van der Waals surface area contributed by atoms with Crippen molar-refractivity contribution in [2.75, 3.05) is 36.0 Å². The smallest absolute Gasteiger partial charge is 0.250 e. The molecular formula is C23H32N4O4S. The second kappa shape index (κ2) is 8.67. The number of sulfonamides is 1. The number of fused-ring (bicyclic) bond motifs is 3. The molecule has 174 valence electrons. The summed E-state index contributed by atoms with van der Waals surface area (Å²) in [7, 11) is -3.61. The van der Waals surface area contributed by atoms with E-state index < -0.39 is 10.0 Å². The highest BCUT2D eigenvalue weighted by molar-refractivity contribution is 7.89. The fourth-order valence-electron chi connectivity index (χ4n) is 5.63. The lowest BCUT2D eigenvalue weighted by Gasteiger charge is -2.45. The molecule has 3 fully saturated rings. The fourth-order valence-corrected chi connectivity index (χ4v) is 7.16. The molecule has 2 saturated heterocycles. The molecule has 8 nitrogen and oxygen atoms in total. The van der Waals surface area contributed by atoms with E-state index in [4.69, 9.17) is 0 Å². The van der Waals surface area contributed by atoms with Crippen molar-refractivity contribution in [1.29, 1.82) is 0 Å². The van der Waals surface area contributed by atoms with E-state index in [1.165, 1.54) is 9.21 Å². The second-order valence-electron chi connectivity index (χ2n) is 9.44. The molecule has 1 N–H and O–H groups in total. The van der Waals surface area contributed by atoms with E-state index in [2.05, 4.69) is 10.2 Å². The van der Waals surface area contributed by atoms with Crippen molar-refractivity contribution in [3.8, 4) is 0 Å². The van der Waals surface area contributed by atoms with E-state index in [0.717, 1.165) is 70.0 Å². The van der Waals surface area contributed by atoms with Crippen molar-refractivity contribution < 1.29 is 18.0 Å². The average molecular weight is 461 g/mol. The van der Waals surface area contributed by atoms with Crippen LogP contribution in [0.1, 0.15) is 57.8 Å². The Bertz CT molecular complexity index is 999. The van der Waals surface area contributed by atoms with Crippen molar-refractivity contribution >= 4 is 33.2 Å². The maximum absolute atomic E-state index is 13.5. The van der Waals surface area contributed by atoms with E-state index in [0.29, 0.717) is 18.8 Å². The van der Waals surface area contributed by atoms with Gasteiger partial charge in [-0.05, 0) is 63.1 Å². The zero-order chi connectivity index (χ0) is 22.3. The largest absolute Gasteiger partial charge is 0.358 e. The van der Waals surface area contributed by atoms with Crippen molar-refractivity contribution in [3.63, 3.8) is 0 Å². The van der Waals surface area contributed by atoms with E-state index >= 15 is 0 Å². The molecule has 1 aliphatic carbocycles. The van der Waals surface area contributed by atoms with Gasteiger partial charge in [-0.25, -0.2) is 8.42 Å². The fraction of sp³-hybridized carbons (Fsp3) is 0.652. The van der Waals surface area contributed by atoms with Gasteiger partial charge in [-0.2, -0.15) is 4.31 Å². The van der Waals surface area contributed by atoms with Crippen LogP contribution < -0.4 is 15.1 Å². The summed E-state index contributed by atoms with van der Waals surface area (Å²) in [5.74, 6) is -0.275. The topological polar surface area (TPSA) is 90.0 Å². The van der Waals surface area contributed by atoms with Crippen LogP contribution in [0.2, 0.25) is 0 Å². The minimum absolute atomic E-state index is 0.0696. The maximum atomic E-state index is 13.5. The third-order valence-electron chi connectivity index (χ3n) is 7.33. The maximum Gasteiger partial charge on any atom is 0.250 e. The predicted molar refractivity (Wildman–Crippen MR) is 122 cm³/mol. The molecule has 32 heavy (non-hydrogen) atoms. The van der Waals surface area contributed by atoms with Crippen LogP contribution in [0.5, 0.6) is 0 Å². The SMILES string of the molecule is O=C(CN1C(=O)[C@@H]2CCCCN2c2ccc(S(=O)(=O)N3CCCC3)cc21)NC1CCCC1. The van der Waals surface area contributed by atoms with Gasteiger partial charge in [0.05, 0.1) is 16.3 Å². The molecule has 1 atom stereocenters. The molecule has 3 heterocycles. The lowest BCUT2D eigenvalue weighted by Crippen LogP contribution is -2.57. The van der Waals surface area contributed by atoms with E-state index in [9.17, 15) is 18.0 Å². The first-order valence-electron chi connectivity index (χ1n) is 12.0. The van der Waals surface area contributed by atoms with Crippen LogP contribution in [-0.2, 0) is 19.6 Å². The van der Waals surface area contributed by atoms with Crippen LogP contribution in [0.3, 0.4) is 0 Å². The summed E-state index contributed by atoms with van der Waals surface area (Å²) in [5, 5.41) is 3.07. The van der Waals surface area contributed by atoms with E-state index in [1.807, 2.05) is 6.07 Å². The molecule has 0 radical (unpaired) electrons. The Morgan fingerprint density at radius 3 is 2.38 bits per heavy atom. The molecule has 0 unspecified atom stereocenters. The third kappa shape index (κ3) is 3.90. The Labute approximate surface area is 190 Å². The van der Waals surface area contributed by atoms with Crippen LogP contribution in [0, 0.1) is 0 Å². The van der Waals surface area contributed by atoms with Crippen LogP contribution in [0.25, 0.3) is 0 Å². The van der Waals surface area contributed by atoms with Gasteiger partial charge in [0.15, 0.2) is 0 Å². The molecule has 4 aliphatic rings. The van der Waals surface area contributed by atoms with Gasteiger partial charge >= 0.3 is 0 Å². The Morgan fingerprint density at radius 2 is 1.62 bits per heavy atom. The van der Waals surface area contributed by atoms with Crippen LogP contribution in [-0.4, -0.2) is 62.8 Å².